The fourth-order valence-electron chi connectivity index (χ4n) is 2.44. The molecule has 0 unspecified atom stereocenters. The van der Waals surface area contributed by atoms with Crippen molar-refractivity contribution in [2.75, 3.05) is 6.54 Å². The highest BCUT2D eigenvalue weighted by Gasteiger charge is 2.19. The smallest absolute Gasteiger partial charge is 0.139 e. The first-order valence-corrected chi connectivity index (χ1v) is 6.15. The molecule has 2 aromatic rings. The Balaban J connectivity index is 2.34. The molecule has 1 aromatic heterocycles. The van der Waals surface area contributed by atoms with Gasteiger partial charge in [-0.05, 0) is 41.1 Å². The second-order valence-electron chi connectivity index (χ2n) is 4.31. The van der Waals surface area contributed by atoms with Crippen molar-refractivity contribution in [2.24, 2.45) is 0 Å². The summed E-state index contributed by atoms with van der Waals surface area (Å²) in [4.78, 5) is 0. The number of aromatic nitrogens is 1. The number of halogens is 2. The van der Waals surface area contributed by atoms with E-state index in [0.29, 0.717) is 10.5 Å². The van der Waals surface area contributed by atoms with E-state index in [0.717, 1.165) is 24.0 Å². The number of fused-ring (bicyclic) bond motifs is 3. The van der Waals surface area contributed by atoms with Gasteiger partial charge in [-0.2, -0.15) is 0 Å². The summed E-state index contributed by atoms with van der Waals surface area (Å²) in [6.45, 7) is 3.95. The molecule has 0 saturated heterocycles. The van der Waals surface area contributed by atoms with Crippen LogP contribution in [0, 0.1) is 5.82 Å². The van der Waals surface area contributed by atoms with Gasteiger partial charge in [-0.15, -0.1) is 0 Å². The Morgan fingerprint density at radius 1 is 1.44 bits per heavy atom. The summed E-state index contributed by atoms with van der Waals surface area (Å²) >= 11 is 3.22. The predicted octanol–water partition coefficient (Wildman–Crippen LogP) is 3.21. The van der Waals surface area contributed by atoms with E-state index in [1.165, 1.54) is 5.69 Å². The molecule has 1 aliphatic heterocycles. The highest BCUT2D eigenvalue weighted by molar-refractivity contribution is 9.10. The van der Waals surface area contributed by atoms with Gasteiger partial charge >= 0.3 is 0 Å². The molecule has 0 aliphatic carbocycles. The first-order chi connectivity index (χ1) is 7.66. The minimum Gasteiger partial charge on any atom is -0.339 e. The SMILES string of the molecule is C[C@@H]1CNCc2cc3cc(Br)c(F)cc3n21. The Hall–Kier alpha value is -0.870. The van der Waals surface area contributed by atoms with Gasteiger partial charge in [0.2, 0.25) is 0 Å². The maximum atomic E-state index is 13.5. The van der Waals surface area contributed by atoms with Crippen LogP contribution in [0.2, 0.25) is 0 Å². The molecule has 84 valence electrons. The fourth-order valence-corrected chi connectivity index (χ4v) is 2.80. The lowest BCUT2D eigenvalue weighted by Crippen LogP contribution is -2.30. The van der Waals surface area contributed by atoms with Crippen LogP contribution in [0.3, 0.4) is 0 Å². The maximum absolute atomic E-state index is 13.5. The fraction of sp³-hybridized carbons (Fsp3) is 0.333. The summed E-state index contributed by atoms with van der Waals surface area (Å²) in [6, 6.07) is 5.97. The summed E-state index contributed by atoms with van der Waals surface area (Å²) in [5, 5.41) is 4.45. The summed E-state index contributed by atoms with van der Waals surface area (Å²) in [6.07, 6.45) is 0. The zero-order chi connectivity index (χ0) is 11.3. The molecule has 1 aliphatic rings. The van der Waals surface area contributed by atoms with Gasteiger partial charge in [0, 0.05) is 30.2 Å². The van der Waals surface area contributed by atoms with E-state index in [9.17, 15) is 4.39 Å². The van der Waals surface area contributed by atoms with E-state index >= 15 is 0 Å². The molecule has 0 fully saturated rings. The Labute approximate surface area is 102 Å². The Morgan fingerprint density at radius 2 is 2.25 bits per heavy atom. The first-order valence-electron chi connectivity index (χ1n) is 5.36. The molecule has 1 N–H and O–H groups in total. The summed E-state index contributed by atoms with van der Waals surface area (Å²) < 4.78 is 16.3. The molecule has 16 heavy (non-hydrogen) atoms. The second-order valence-corrected chi connectivity index (χ2v) is 5.17. The minimum absolute atomic E-state index is 0.195. The number of rotatable bonds is 0. The van der Waals surface area contributed by atoms with Gasteiger partial charge in [0.25, 0.3) is 0 Å². The van der Waals surface area contributed by atoms with Crippen molar-refractivity contribution in [3.8, 4) is 0 Å². The standard InChI is InChI=1S/C12H12BrFN2/c1-7-5-15-6-9-2-8-3-10(13)11(14)4-12(8)16(7)9/h2-4,7,15H,5-6H2,1H3/t7-/m1/s1. The number of benzene rings is 1. The molecule has 0 amide bonds. The maximum Gasteiger partial charge on any atom is 0.139 e. The van der Waals surface area contributed by atoms with Crippen LogP contribution in [0.4, 0.5) is 4.39 Å². The van der Waals surface area contributed by atoms with Crippen molar-refractivity contribution in [1.82, 2.24) is 9.88 Å². The average Bonchev–Trinajstić information content (AvgIpc) is 2.58. The summed E-state index contributed by atoms with van der Waals surface area (Å²) in [7, 11) is 0. The molecular formula is C12H12BrFN2. The Kier molecular flexibility index (Phi) is 2.30. The Morgan fingerprint density at radius 3 is 3.06 bits per heavy atom. The highest BCUT2D eigenvalue weighted by Crippen LogP contribution is 2.30. The van der Waals surface area contributed by atoms with Crippen LogP contribution in [-0.2, 0) is 6.54 Å². The van der Waals surface area contributed by atoms with Crippen molar-refractivity contribution < 1.29 is 4.39 Å². The van der Waals surface area contributed by atoms with Gasteiger partial charge in [-0.3, -0.25) is 0 Å². The van der Waals surface area contributed by atoms with Crippen LogP contribution in [-0.4, -0.2) is 11.1 Å². The third-order valence-corrected chi connectivity index (χ3v) is 3.76. The summed E-state index contributed by atoms with van der Waals surface area (Å²) in [5.74, 6) is -0.195. The van der Waals surface area contributed by atoms with Crippen LogP contribution in [0.25, 0.3) is 10.9 Å². The molecule has 2 nitrogen and oxygen atoms in total. The lowest BCUT2D eigenvalue weighted by Gasteiger charge is -2.24. The van der Waals surface area contributed by atoms with E-state index in [4.69, 9.17) is 0 Å². The van der Waals surface area contributed by atoms with E-state index < -0.39 is 0 Å². The summed E-state index contributed by atoms with van der Waals surface area (Å²) in [5.41, 5.74) is 2.22. The van der Waals surface area contributed by atoms with Crippen LogP contribution in [0.15, 0.2) is 22.7 Å². The molecule has 1 atom stereocenters. The molecule has 0 radical (unpaired) electrons. The van der Waals surface area contributed by atoms with Gasteiger partial charge in [0.15, 0.2) is 0 Å². The lowest BCUT2D eigenvalue weighted by atomic mass is 10.2. The van der Waals surface area contributed by atoms with E-state index in [2.05, 4.69) is 38.8 Å². The average molecular weight is 283 g/mol. The van der Waals surface area contributed by atoms with Gasteiger partial charge in [0.1, 0.15) is 5.82 Å². The quantitative estimate of drug-likeness (QED) is 0.785. The van der Waals surface area contributed by atoms with Crippen molar-refractivity contribution >= 4 is 26.8 Å². The Bertz CT molecular complexity index is 562. The van der Waals surface area contributed by atoms with Crippen LogP contribution < -0.4 is 5.32 Å². The zero-order valence-electron chi connectivity index (χ0n) is 8.93. The van der Waals surface area contributed by atoms with Crippen molar-refractivity contribution in [3.63, 3.8) is 0 Å². The first kappa shape index (κ1) is 10.3. The number of nitrogens with one attached hydrogen (secondary N) is 1. The molecule has 0 saturated carbocycles. The number of hydrogen-bond acceptors (Lipinski definition) is 1. The van der Waals surface area contributed by atoms with Gasteiger partial charge in [-0.25, -0.2) is 4.39 Å². The third-order valence-electron chi connectivity index (χ3n) is 3.15. The van der Waals surface area contributed by atoms with Gasteiger partial charge in [-0.1, -0.05) is 0 Å². The predicted molar refractivity (Wildman–Crippen MR) is 66.0 cm³/mol. The van der Waals surface area contributed by atoms with Crippen LogP contribution in [0.1, 0.15) is 18.7 Å². The monoisotopic (exact) mass is 282 g/mol. The molecular weight excluding hydrogens is 271 g/mol. The van der Waals surface area contributed by atoms with Crippen LogP contribution >= 0.6 is 15.9 Å². The molecule has 4 heteroatoms. The van der Waals surface area contributed by atoms with Gasteiger partial charge in [0.05, 0.1) is 9.99 Å². The topological polar surface area (TPSA) is 17.0 Å². The second kappa shape index (κ2) is 3.57. The zero-order valence-corrected chi connectivity index (χ0v) is 10.5. The molecule has 2 heterocycles. The van der Waals surface area contributed by atoms with E-state index in [1.54, 1.807) is 6.07 Å². The highest BCUT2D eigenvalue weighted by atomic mass is 79.9. The molecule has 1 aromatic carbocycles. The number of hydrogen-bond donors (Lipinski definition) is 1. The molecule has 0 spiro atoms. The van der Waals surface area contributed by atoms with Crippen molar-refractivity contribution in [1.29, 1.82) is 0 Å². The van der Waals surface area contributed by atoms with Gasteiger partial charge < -0.3 is 9.88 Å². The van der Waals surface area contributed by atoms with E-state index in [1.807, 2.05) is 6.07 Å². The molecule has 3 rings (SSSR count). The van der Waals surface area contributed by atoms with Crippen molar-refractivity contribution in [3.05, 3.63) is 34.2 Å². The van der Waals surface area contributed by atoms with E-state index in [-0.39, 0.29) is 5.82 Å². The molecule has 0 bridgehead atoms. The third kappa shape index (κ3) is 1.40. The minimum atomic E-state index is -0.195. The van der Waals surface area contributed by atoms with Crippen molar-refractivity contribution in [2.45, 2.75) is 19.5 Å². The van der Waals surface area contributed by atoms with Crippen LogP contribution in [0.5, 0.6) is 0 Å². The number of nitrogens with zero attached hydrogens (tertiary/aromatic N) is 1. The largest absolute Gasteiger partial charge is 0.339 e. The lowest BCUT2D eigenvalue weighted by molar-refractivity contribution is 0.439. The normalized spacial score (nSPS) is 20.1.